The molecule has 0 spiro atoms. The van der Waals surface area contributed by atoms with Gasteiger partial charge in [0, 0.05) is 11.9 Å². The van der Waals surface area contributed by atoms with Crippen molar-refractivity contribution >= 4 is 15.9 Å². The van der Waals surface area contributed by atoms with Crippen LogP contribution in [-0.4, -0.2) is 17.0 Å². The Labute approximate surface area is 90.0 Å². The van der Waals surface area contributed by atoms with E-state index < -0.39 is 0 Å². The lowest BCUT2D eigenvalue weighted by Gasteiger charge is -2.37. The lowest BCUT2D eigenvalue weighted by Crippen LogP contribution is -2.28. The van der Waals surface area contributed by atoms with Gasteiger partial charge in [-0.25, -0.2) is 0 Å². The minimum atomic E-state index is 0.344. The van der Waals surface area contributed by atoms with E-state index >= 15 is 0 Å². The van der Waals surface area contributed by atoms with Crippen LogP contribution in [0.15, 0.2) is 0 Å². The largest absolute Gasteiger partial charge is 0.396 e. The first-order valence-electron chi connectivity index (χ1n) is 5.26. The fraction of sp³-hybridized carbons (Fsp3) is 1.00. The summed E-state index contributed by atoms with van der Waals surface area (Å²) in [5.74, 6) is 1.23. The zero-order chi connectivity index (χ0) is 9.90. The summed E-state index contributed by atoms with van der Waals surface area (Å²) in [7, 11) is 0. The molecule has 0 radical (unpaired) electrons. The van der Waals surface area contributed by atoms with Gasteiger partial charge in [-0.05, 0) is 42.9 Å². The highest BCUT2D eigenvalue weighted by Crippen LogP contribution is 2.40. The highest BCUT2D eigenvalue weighted by atomic mass is 79.9. The van der Waals surface area contributed by atoms with Crippen LogP contribution in [0.25, 0.3) is 0 Å². The van der Waals surface area contributed by atoms with Crippen LogP contribution >= 0.6 is 15.9 Å². The summed E-state index contributed by atoms with van der Waals surface area (Å²) in [5.41, 5.74) is 0.544. The molecule has 1 rings (SSSR count). The van der Waals surface area contributed by atoms with E-state index in [0.29, 0.717) is 17.9 Å². The minimum Gasteiger partial charge on any atom is -0.396 e. The molecule has 0 heterocycles. The number of aliphatic hydroxyl groups excluding tert-OH is 1. The van der Waals surface area contributed by atoms with Crippen LogP contribution in [0.5, 0.6) is 0 Å². The Morgan fingerprint density at radius 3 is 2.31 bits per heavy atom. The summed E-state index contributed by atoms with van der Waals surface area (Å²) >= 11 is 3.48. The number of hydrogen-bond acceptors (Lipinski definition) is 1. The fourth-order valence-corrected chi connectivity index (χ4v) is 2.95. The van der Waals surface area contributed by atoms with Gasteiger partial charge in [0.25, 0.3) is 0 Å². The number of alkyl halides is 1. The summed E-state index contributed by atoms with van der Waals surface area (Å²) in [6, 6.07) is 0. The molecule has 0 saturated heterocycles. The predicted molar refractivity (Wildman–Crippen MR) is 60.1 cm³/mol. The molecule has 1 unspecified atom stereocenters. The van der Waals surface area contributed by atoms with Gasteiger partial charge in [-0.3, -0.25) is 0 Å². The van der Waals surface area contributed by atoms with Crippen LogP contribution in [0.4, 0.5) is 0 Å². The molecule has 0 aromatic carbocycles. The maximum atomic E-state index is 9.18. The van der Waals surface area contributed by atoms with Crippen molar-refractivity contribution < 1.29 is 5.11 Å². The van der Waals surface area contributed by atoms with Crippen molar-refractivity contribution in [1.82, 2.24) is 0 Å². The third kappa shape index (κ3) is 3.25. The first-order valence-corrected chi connectivity index (χ1v) is 6.38. The molecular formula is C11H21BrO. The van der Waals surface area contributed by atoms with Crippen molar-refractivity contribution in [1.29, 1.82) is 0 Å². The second-order valence-electron chi connectivity index (χ2n) is 5.10. The van der Waals surface area contributed by atoms with Gasteiger partial charge >= 0.3 is 0 Å². The van der Waals surface area contributed by atoms with E-state index in [4.69, 9.17) is 0 Å². The van der Waals surface area contributed by atoms with E-state index in [0.717, 1.165) is 11.2 Å². The zero-order valence-corrected chi connectivity index (χ0v) is 10.3. The highest BCUT2D eigenvalue weighted by molar-refractivity contribution is 9.09. The molecule has 0 aliphatic heterocycles. The first kappa shape index (κ1) is 11.5. The van der Waals surface area contributed by atoms with Gasteiger partial charge in [0.15, 0.2) is 0 Å². The highest BCUT2D eigenvalue weighted by Gasteiger charge is 2.30. The summed E-state index contributed by atoms with van der Waals surface area (Å²) in [4.78, 5) is 0. The van der Waals surface area contributed by atoms with Crippen LogP contribution in [-0.2, 0) is 0 Å². The van der Waals surface area contributed by atoms with Crippen LogP contribution in [0.1, 0.15) is 39.5 Å². The Kier molecular flexibility index (Phi) is 4.24. The Bertz CT molecular complexity index is 142. The van der Waals surface area contributed by atoms with Gasteiger partial charge in [-0.15, -0.1) is 0 Å². The van der Waals surface area contributed by atoms with Gasteiger partial charge in [0.2, 0.25) is 0 Å². The average molecular weight is 249 g/mol. The molecule has 1 aliphatic carbocycles. The van der Waals surface area contributed by atoms with Gasteiger partial charge in [-0.1, -0.05) is 29.8 Å². The molecule has 1 nitrogen and oxygen atoms in total. The quantitative estimate of drug-likeness (QED) is 0.761. The molecule has 78 valence electrons. The van der Waals surface area contributed by atoms with Gasteiger partial charge in [0.1, 0.15) is 0 Å². The van der Waals surface area contributed by atoms with Crippen molar-refractivity contribution in [2.24, 2.45) is 17.3 Å². The van der Waals surface area contributed by atoms with E-state index in [1.165, 1.54) is 25.7 Å². The molecule has 1 atom stereocenters. The van der Waals surface area contributed by atoms with Crippen LogP contribution in [0.2, 0.25) is 0 Å². The van der Waals surface area contributed by atoms with E-state index in [-0.39, 0.29) is 0 Å². The molecule has 1 N–H and O–H groups in total. The number of rotatable bonds is 3. The molecule has 0 aromatic rings. The van der Waals surface area contributed by atoms with Crippen LogP contribution in [0.3, 0.4) is 0 Å². The fourth-order valence-electron chi connectivity index (χ4n) is 2.22. The number of halogens is 1. The Hall–Kier alpha value is 0.440. The Morgan fingerprint density at radius 1 is 1.38 bits per heavy atom. The SMILES string of the molecule is CC1(C)CCC(C(CO)CBr)CC1. The van der Waals surface area contributed by atoms with Gasteiger partial charge < -0.3 is 5.11 Å². The van der Waals surface area contributed by atoms with E-state index in [9.17, 15) is 5.11 Å². The Morgan fingerprint density at radius 2 is 1.92 bits per heavy atom. The van der Waals surface area contributed by atoms with Gasteiger partial charge in [-0.2, -0.15) is 0 Å². The van der Waals surface area contributed by atoms with Gasteiger partial charge in [0.05, 0.1) is 0 Å². The predicted octanol–water partition coefficient (Wildman–Crippen LogP) is 3.21. The maximum Gasteiger partial charge on any atom is 0.0469 e. The molecule has 2 heteroatoms. The van der Waals surface area contributed by atoms with Crippen molar-refractivity contribution in [2.45, 2.75) is 39.5 Å². The maximum absolute atomic E-state index is 9.18. The number of hydrogen-bond donors (Lipinski definition) is 1. The molecule has 0 aromatic heterocycles. The van der Waals surface area contributed by atoms with E-state index in [1.54, 1.807) is 0 Å². The third-order valence-electron chi connectivity index (χ3n) is 3.48. The van der Waals surface area contributed by atoms with Crippen molar-refractivity contribution in [3.05, 3.63) is 0 Å². The van der Waals surface area contributed by atoms with Crippen molar-refractivity contribution in [3.8, 4) is 0 Å². The van der Waals surface area contributed by atoms with Crippen molar-refractivity contribution in [2.75, 3.05) is 11.9 Å². The first-order chi connectivity index (χ1) is 6.09. The molecule has 1 aliphatic rings. The minimum absolute atomic E-state index is 0.344. The molecular weight excluding hydrogens is 228 g/mol. The molecule has 1 saturated carbocycles. The molecule has 13 heavy (non-hydrogen) atoms. The summed E-state index contributed by atoms with van der Waals surface area (Å²) in [6.07, 6.45) is 5.23. The summed E-state index contributed by atoms with van der Waals surface area (Å²) in [6.45, 7) is 5.05. The zero-order valence-electron chi connectivity index (χ0n) is 8.72. The monoisotopic (exact) mass is 248 g/mol. The van der Waals surface area contributed by atoms with E-state index in [2.05, 4.69) is 29.8 Å². The van der Waals surface area contributed by atoms with Crippen LogP contribution in [0, 0.1) is 17.3 Å². The lowest BCUT2D eigenvalue weighted by molar-refractivity contribution is 0.118. The summed E-state index contributed by atoms with van der Waals surface area (Å²) < 4.78 is 0. The standard InChI is InChI=1S/C11H21BrO/c1-11(2)5-3-9(4-6-11)10(7-12)8-13/h9-10,13H,3-8H2,1-2H3. The number of aliphatic hydroxyl groups is 1. The second-order valence-corrected chi connectivity index (χ2v) is 5.75. The third-order valence-corrected chi connectivity index (χ3v) is 4.31. The van der Waals surface area contributed by atoms with Crippen molar-refractivity contribution in [3.63, 3.8) is 0 Å². The molecule has 1 fully saturated rings. The smallest absolute Gasteiger partial charge is 0.0469 e. The lowest BCUT2D eigenvalue weighted by atomic mass is 9.70. The summed E-state index contributed by atoms with van der Waals surface area (Å²) in [5, 5.41) is 10.1. The molecule has 0 amide bonds. The average Bonchev–Trinajstić information content (AvgIpc) is 2.09. The molecule has 0 bridgehead atoms. The second kappa shape index (κ2) is 4.79. The van der Waals surface area contributed by atoms with Crippen LogP contribution < -0.4 is 0 Å². The topological polar surface area (TPSA) is 20.2 Å². The Balaban J connectivity index is 2.39. The normalized spacial score (nSPS) is 25.8. The van der Waals surface area contributed by atoms with E-state index in [1.807, 2.05) is 0 Å².